The van der Waals surface area contributed by atoms with Crippen molar-refractivity contribution in [3.05, 3.63) is 63.9 Å². The van der Waals surface area contributed by atoms with E-state index in [4.69, 9.17) is 5.73 Å². The van der Waals surface area contributed by atoms with Gasteiger partial charge in [0.1, 0.15) is 11.6 Å². The molecule has 0 saturated carbocycles. The summed E-state index contributed by atoms with van der Waals surface area (Å²) in [6.07, 6.45) is 1.52. The summed E-state index contributed by atoms with van der Waals surface area (Å²) in [7, 11) is 0. The van der Waals surface area contributed by atoms with Gasteiger partial charge in [0.15, 0.2) is 0 Å². The van der Waals surface area contributed by atoms with Gasteiger partial charge in [0.05, 0.1) is 5.97 Å². The SMILES string of the molecule is NC(C/C=C(/c1ccsc1)c1ccc(F)cc1F)C(=O)[O-].[Na+]. The molecule has 1 aromatic heterocycles. The molecule has 2 aromatic rings. The standard InChI is InChI=1S/C15H13F2NO2S.Na/c16-10-1-2-12(13(17)7-10)11(9-5-6-21-8-9)3-4-14(18)15(19)20;/h1-3,5-8,14H,4,18H2,(H,19,20);/q;+1/p-1/b11-3-;. The molecule has 1 aromatic carbocycles. The summed E-state index contributed by atoms with van der Waals surface area (Å²) in [6.45, 7) is 0. The van der Waals surface area contributed by atoms with Crippen molar-refractivity contribution >= 4 is 22.9 Å². The summed E-state index contributed by atoms with van der Waals surface area (Å²) in [5.41, 5.74) is 6.79. The molecule has 0 amide bonds. The molecule has 0 aliphatic heterocycles. The van der Waals surface area contributed by atoms with Crippen molar-refractivity contribution in [1.29, 1.82) is 0 Å². The maximum absolute atomic E-state index is 13.9. The number of thiophene rings is 1. The number of aliphatic carboxylic acids is 1. The van der Waals surface area contributed by atoms with Crippen molar-refractivity contribution in [2.24, 2.45) is 5.73 Å². The van der Waals surface area contributed by atoms with Crippen LogP contribution in [0.25, 0.3) is 5.57 Å². The average Bonchev–Trinajstić information content (AvgIpc) is 2.94. The topological polar surface area (TPSA) is 66.2 Å². The average molecular weight is 331 g/mol. The van der Waals surface area contributed by atoms with E-state index in [1.165, 1.54) is 23.5 Å². The van der Waals surface area contributed by atoms with Gasteiger partial charge >= 0.3 is 29.6 Å². The van der Waals surface area contributed by atoms with E-state index in [2.05, 4.69) is 0 Å². The fourth-order valence-electron chi connectivity index (χ4n) is 1.85. The number of carbonyl (C=O) groups is 1. The normalized spacial score (nSPS) is 12.6. The Morgan fingerprint density at radius 2 is 2.09 bits per heavy atom. The molecule has 7 heteroatoms. The van der Waals surface area contributed by atoms with Crippen LogP contribution in [0.3, 0.4) is 0 Å². The first-order chi connectivity index (χ1) is 9.99. The Morgan fingerprint density at radius 3 is 2.64 bits per heavy atom. The Kier molecular flexibility index (Phi) is 7.38. The molecule has 2 rings (SSSR count). The Labute approximate surface area is 152 Å². The van der Waals surface area contributed by atoms with Gasteiger partial charge in [-0.25, -0.2) is 8.78 Å². The van der Waals surface area contributed by atoms with Crippen LogP contribution >= 0.6 is 11.3 Å². The van der Waals surface area contributed by atoms with Crippen molar-refractivity contribution in [1.82, 2.24) is 0 Å². The van der Waals surface area contributed by atoms with E-state index in [1.54, 1.807) is 11.4 Å². The van der Waals surface area contributed by atoms with E-state index >= 15 is 0 Å². The zero-order valence-electron chi connectivity index (χ0n) is 11.9. The maximum atomic E-state index is 13.9. The number of halogens is 2. The third-order valence-corrected chi connectivity index (χ3v) is 3.62. The van der Waals surface area contributed by atoms with Gasteiger partial charge in [-0.1, -0.05) is 6.08 Å². The third kappa shape index (κ3) is 4.72. The molecule has 1 atom stereocenters. The molecule has 3 nitrogen and oxygen atoms in total. The summed E-state index contributed by atoms with van der Waals surface area (Å²) in [6, 6.07) is 3.84. The van der Waals surface area contributed by atoms with E-state index in [0.717, 1.165) is 17.7 Å². The molecule has 22 heavy (non-hydrogen) atoms. The first kappa shape index (κ1) is 19.0. The van der Waals surface area contributed by atoms with Crippen molar-refractivity contribution in [3.63, 3.8) is 0 Å². The summed E-state index contributed by atoms with van der Waals surface area (Å²) >= 11 is 1.41. The van der Waals surface area contributed by atoms with Gasteiger partial charge in [-0.2, -0.15) is 11.3 Å². The monoisotopic (exact) mass is 331 g/mol. The maximum Gasteiger partial charge on any atom is 1.00 e. The summed E-state index contributed by atoms with van der Waals surface area (Å²) in [4.78, 5) is 10.7. The predicted octanol–water partition coefficient (Wildman–Crippen LogP) is -1.07. The van der Waals surface area contributed by atoms with Crippen LogP contribution in [0.4, 0.5) is 8.78 Å². The molecule has 1 heterocycles. The fourth-order valence-corrected chi connectivity index (χ4v) is 2.51. The zero-order chi connectivity index (χ0) is 15.4. The molecule has 0 spiro atoms. The Bertz CT molecular complexity index is 674. The number of rotatable bonds is 5. The zero-order valence-corrected chi connectivity index (χ0v) is 14.7. The number of carboxylic acids is 1. The first-order valence-electron chi connectivity index (χ1n) is 6.13. The van der Waals surface area contributed by atoms with Crippen LogP contribution < -0.4 is 40.4 Å². The Hall–Kier alpha value is -1.05. The number of nitrogens with two attached hydrogens (primary N) is 1. The molecule has 0 aliphatic carbocycles. The molecule has 110 valence electrons. The van der Waals surface area contributed by atoms with Gasteiger partial charge in [0.25, 0.3) is 0 Å². The van der Waals surface area contributed by atoms with Crippen molar-refractivity contribution in [2.75, 3.05) is 0 Å². The number of carboxylic acid groups (broad SMARTS) is 1. The van der Waals surface area contributed by atoms with Gasteiger partial charge in [-0.3, -0.25) is 0 Å². The molecule has 0 saturated heterocycles. The molecule has 0 bridgehead atoms. The summed E-state index contributed by atoms with van der Waals surface area (Å²) in [5.74, 6) is -2.77. The minimum atomic E-state index is -1.38. The van der Waals surface area contributed by atoms with Crippen LogP contribution in [0, 0.1) is 11.6 Å². The van der Waals surface area contributed by atoms with Crippen molar-refractivity contribution < 1.29 is 48.2 Å². The van der Waals surface area contributed by atoms with Crippen LogP contribution in [0.2, 0.25) is 0 Å². The smallest absolute Gasteiger partial charge is 0.548 e. The van der Waals surface area contributed by atoms with Crippen LogP contribution in [-0.2, 0) is 4.79 Å². The molecule has 0 fully saturated rings. The predicted molar refractivity (Wildman–Crippen MR) is 75.4 cm³/mol. The van der Waals surface area contributed by atoms with Gasteiger partial charge in [0, 0.05) is 17.7 Å². The number of carbonyl (C=O) groups excluding carboxylic acids is 1. The van der Waals surface area contributed by atoms with Crippen molar-refractivity contribution in [3.8, 4) is 0 Å². The minimum absolute atomic E-state index is 0. The molecule has 0 aliphatic rings. The first-order valence-corrected chi connectivity index (χ1v) is 7.08. The van der Waals surface area contributed by atoms with E-state index in [1.807, 2.05) is 5.38 Å². The number of hydrogen-bond acceptors (Lipinski definition) is 4. The van der Waals surface area contributed by atoms with E-state index < -0.39 is 23.6 Å². The Balaban J connectivity index is 0.00000242. The second-order valence-corrected chi connectivity index (χ2v) is 5.20. The van der Waals surface area contributed by atoms with Crippen molar-refractivity contribution in [2.45, 2.75) is 12.5 Å². The summed E-state index contributed by atoms with van der Waals surface area (Å²) in [5, 5.41) is 14.3. The van der Waals surface area contributed by atoms with E-state index in [0.29, 0.717) is 5.57 Å². The summed E-state index contributed by atoms with van der Waals surface area (Å²) < 4.78 is 26.9. The van der Waals surface area contributed by atoms with Gasteiger partial charge in [-0.15, -0.1) is 0 Å². The van der Waals surface area contributed by atoms with Gasteiger partial charge in [0.2, 0.25) is 0 Å². The third-order valence-electron chi connectivity index (χ3n) is 2.93. The van der Waals surface area contributed by atoms with E-state index in [9.17, 15) is 18.7 Å². The van der Waals surface area contributed by atoms with Crippen LogP contribution in [0.15, 0.2) is 41.1 Å². The molecule has 1 unspecified atom stereocenters. The van der Waals surface area contributed by atoms with E-state index in [-0.39, 0.29) is 41.5 Å². The molecular formula is C15H12F2NNaO2S. The number of hydrogen-bond donors (Lipinski definition) is 1. The van der Waals surface area contributed by atoms with Gasteiger partial charge in [-0.05, 0) is 46.5 Å². The minimum Gasteiger partial charge on any atom is -0.548 e. The second kappa shape index (κ2) is 8.55. The van der Waals surface area contributed by atoms with Gasteiger partial charge < -0.3 is 15.6 Å². The van der Waals surface area contributed by atoms with Crippen LogP contribution in [0.1, 0.15) is 17.5 Å². The number of benzene rings is 1. The van der Waals surface area contributed by atoms with Crippen LogP contribution in [-0.4, -0.2) is 12.0 Å². The fraction of sp³-hybridized carbons (Fsp3) is 0.133. The molecular weight excluding hydrogens is 319 g/mol. The molecule has 2 N–H and O–H groups in total. The van der Waals surface area contributed by atoms with Crippen LogP contribution in [0.5, 0.6) is 0 Å². The molecule has 0 radical (unpaired) electrons. The Morgan fingerprint density at radius 1 is 1.36 bits per heavy atom. The second-order valence-electron chi connectivity index (χ2n) is 4.42. The largest absolute Gasteiger partial charge is 1.00 e. The quantitative estimate of drug-likeness (QED) is 0.710.